The van der Waals surface area contributed by atoms with Crippen molar-refractivity contribution in [3.63, 3.8) is 0 Å². The second kappa shape index (κ2) is 5.53. The minimum absolute atomic E-state index is 0.00449. The molecule has 0 atom stereocenters. The number of aromatic nitrogens is 2. The van der Waals surface area contributed by atoms with Crippen LogP contribution in [0.15, 0.2) is 34.8 Å². The highest BCUT2D eigenvalue weighted by Gasteiger charge is 2.07. The van der Waals surface area contributed by atoms with Crippen molar-refractivity contribution in [1.29, 1.82) is 0 Å². The Labute approximate surface area is 121 Å². The van der Waals surface area contributed by atoms with E-state index in [1.165, 1.54) is 0 Å². The van der Waals surface area contributed by atoms with Crippen molar-refractivity contribution in [1.82, 2.24) is 9.78 Å². The zero-order valence-electron chi connectivity index (χ0n) is 11.1. The number of rotatable bonds is 3. The average Bonchev–Trinajstić information content (AvgIpc) is 2.62. The van der Waals surface area contributed by atoms with Crippen LogP contribution in [0.4, 0.5) is 0 Å². The maximum atomic E-state index is 12.0. The predicted octanol–water partition coefficient (Wildman–Crippen LogP) is 3.70. The van der Waals surface area contributed by atoms with Crippen LogP contribution in [0.5, 0.6) is 0 Å². The van der Waals surface area contributed by atoms with Crippen LogP contribution < -0.4 is 0 Å². The maximum Gasteiger partial charge on any atom is 0.185 e. The predicted molar refractivity (Wildman–Crippen MR) is 80.2 cm³/mol. The molecular formula is C15H15BrN2O. The molecule has 1 aromatic carbocycles. The fourth-order valence-corrected chi connectivity index (χ4v) is 2.16. The maximum absolute atomic E-state index is 12.0. The van der Waals surface area contributed by atoms with Gasteiger partial charge in [-0.2, -0.15) is 5.10 Å². The molecular weight excluding hydrogens is 304 g/mol. The Morgan fingerprint density at radius 2 is 1.89 bits per heavy atom. The van der Waals surface area contributed by atoms with Gasteiger partial charge in [0.25, 0.3) is 0 Å². The first kappa shape index (κ1) is 13.7. The SMILES string of the molecule is Cc1nn(C)c(C)c1C=CC(=O)c1ccc(Br)cc1. The molecule has 0 saturated heterocycles. The van der Waals surface area contributed by atoms with E-state index in [1.807, 2.05) is 43.8 Å². The van der Waals surface area contributed by atoms with Crippen LogP contribution in [0.1, 0.15) is 27.3 Å². The van der Waals surface area contributed by atoms with Gasteiger partial charge in [-0.1, -0.05) is 15.9 Å². The molecule has 0 saturated carbocycles. The van der Waals surface area contributed by atoms with E-state index >= 15 is 0 Å². The molecule has 19 heavy (non-hydrogen) atoms. The van der Waals surface area contributed by atoms with Crippen LogP contribution in [0.25, 0.3) is 6.08 Å². The molecule has 0 aliphatic heterocycles. The number of hydrogen-bond donors (Lipinski definition) is 0. The molecule has 98 valence electrons. The lowest BCUT2D eigenvalue weighted by molar-refractivity contribution is 0.104. The lowest BCUT2D eigenvalue weighted by Gasteiger charge is -1.97. The largest absolute Gasteiger partial charge is 0.289 e. The summed E-state index contributed by atoms with van der Waals surface area (Å²) in [4.78, 5) is 12.0. The quantitative estimate of drug-likeness (QED) is 0.639. The number of benzene rings is 1. The molecule has 0 N–H and O–H groups in total. The molecule has 0 spiro atoms. The van der Waals surface area contributed by atoms with Crippen molar-refractivity contribution >= 4 is 27.8 Å². The highest BCUT2D eigenvalue weighted by atomic mass is 79.9. The summed E-state index contributed by atoms with van der Waals surface area (Å²) in [5.41, 5.74) is 3.67. The van der Waals surface area contributed by atoms with Crippen molar-refractivity contribution in [3.05, 3.63) is 57.3 Å². The van der Waals surface area contributed by atoms with Gasteiger partial charge in [0.2, 0.25) is 0 Å². The lowest BCUT2D eigenvalue weighted by Crippen LogP contribution is -1.94. The topological polar surface area (TPSA) is 34.9 Å². The first-order valence-corrected chi connectivity index (χ1v) is 6.76. The van der Waals surface area contributed by atoms with Crippen LogP contribution in [0, 0.1) is 13.8 Å². The minimum Gasteiger partial charge on any atom is -0.289 e. The van der Waals surface area contributed by atoms with Crippen LogP contribution in [0.3, 0.4) is 0 Å². The molecule has 0 fully saturated rings. The van der Waals surface area contributed by atoms with E-state index in [0.29, 0.717) is 5.56 Å². The van der Waals surface area contributed by atoms with Crippen molar-refractivity contribution in [2.45, 2.75) is 13.8 Å². The normalized spacial score (nSPS) is 11.2. The number of carbonyl (C=O) groups excluding carboxylic acids is 1. The van der Waals surface area contributed by atoms with Crippen molar-refractivity contribution < 1.29 is 4.79 Å². The van der Waals surface area contributed by atoms with Gasteiger partial charge in [0, 0.05) is 28.3 Å². The van der Waals surface area contributed by atoms with E-state index in [4.69, 9.17) is 0 Å². The molecule has 1 heterocycles. The third-order valence-corrected chi connectivity index (χ3v) is 3.62. The molecule has 0 radical (unpaired) electrons. The monoisotopic (exact) mass is 318 g/mol. The fraction of sp³-hybridized carbons (Fsp3) is 0.200. The van der Waals surface area contributed by atoms with E-state index in [-0.39, 0.29) is 5.78 Å². The zero-order chi connectivity index (χ0) is 14.0. The van der Waals surface area contributed by atoms with Crippen LogP contribution in [-0.2, 0) is 7.05 Å². The highest BCUT2D eigenvalue weighted by Crippen LogP contribution is 2.15. The molecule has 2 rings (SSSR count). The molecule has 2 aromatic rings. The van der Waals surface area contributed by atoms with Crippen LogP contribution in [-0.4, -0.2) is 15.6 Å². The Balaban J connectivity index is 2.23. The van der Waals surface area contributed by atoms with Gasteiger partial charge >= 0.3 is 0 Å². The van der Waals surface area contributed by atoms with Crippen molar-refractivity contribution in [3.8, 4) is 0 Å². The van der Waals surface area contributed by atoms with E-state index in [9.17, 15) is 4.79 Å². The number of ketones is 1. The Bertz CT molecular complexity index is 639. The number of aryl methyl sites for hydroxylation is 2. The summed E-state index contributed by atoms with van der Waals surface area (Å²) in [7, 11) is 1.90. The standard InChI is InChI=1S/C15H15BrN2O/c1-10-14(11(2)18(3)17-10)8-9-15(19)12-4-6-13(16)7-5-12/h4-9H,1-3H3. The Kier molecular flexibility index (Phi) is 4.00. The summed E-state index contributed by atoms with van der Waals surface area (Å²) in [5, 5.41) is 4.32. The highest BCUT2D eigenvalue weighted by molar-refractivity contribution is 9.10. The number of nitrogens with zero attached hydrogens (tertiary/aromatic N) is 2. The summed E-state index contributed by atoms with van der Waals surface area (Å²) in [5.74, 6) is -0.00449. The number of allylic oxidation sites excluding steroid dienone is 1. The van der Waals surface area contributed by atoms with Crippen molar-refractivity contribution in [2.75, 3.05) is 0 Å². The zero-order valence-corrected chi connectivity index (χ0v) is 12.7. The summed E-state index contributed by atoms with van der Waals surface area (Å²) in [6.45, 7) is 3.93. The van der Waals surface area contributed by atoms with Gasteiger partial charge in [0.05, 0.1) is 5.69 Å². The summed E-state index contributed by atoms with van der Waals surface area (Å²) in [6.07, 6.45) is 3.43. The lowest BCUT2D eigenvalue weighted by atomic mass is 10.1. The molecule has 1 aromatic heterocycles. The molecule has 0 amide bonds. The molecule has 4 heteroatoms. The Hall–Kier alpha value is -1.68. The second-order valence-corrected chi connectivity index (χ2v) is 5.33. The van der Waals surface area contributed by atoms with E-state index < -0.39 is 0 Å². The Morgan fingerprint density at radius 1 is 1.26 bits per heavy atom. The van der Waals surface area contributed by atoms with Gasteiger partial charge in [-0.25, -0.2) is 0 Å². The van der Waals surface area contributed by atoms with Gasteiger partial charge in [-0.15, -0.1) is 0 Å². The smallest absolute Gasteiger partial charge is 0.185 e. The van der Waals surface area contributed by atoms with E-state index in [1.54, 1.807) is 18.2 Å². The van der Waals surface area contributed by atoms with Gasteiger partial charge in [-0.3, -0.25) is 9.48 Å². The molecule has 0 aliphatic carbocycles. The number of carbonyl (C=O) groups is 1. The van der Waals surface area contributed by atoms with Gasteiger partial charge in [0.1, 0.15) is 0 Å². The second-order valence-electron chi connectivity index (χ2n) is 4.41. The number of hydrogen-bond acceptors (Lipinski definition) is 2. The molecule has 3 nitrogen and oxygen atoms in total. The summed E-state index contributed by atoms with van der Waals surface area (Å²) >= 11 is 3.35. The summed E-state index contributed by atoms with van der Waals surface area (Å²) in [6, 6.07) is 7.34. The third kappa shape index (κ3) is 3.01. The van der Waals surface area contributed by atoms with Crippen LogP contribution in [0.2, 0.25) is 0 Å². The van der Waals surface area contributed by atoms with Gasteiger partial charge < -0.3 is 0 Å². The Morgan fingerprint density at radius 3 is 2.42 bits per heavy atom. The van der Waals surface area contributed by atoms with E-state index in [2.05, 4.69) is 21.0 Å². The van der Waals surface area contributed by atoms with Crippen LogP contribution >= 0.6 is 15.9 Å². The first-order chi connectivity index (χ1) is 8.99. The first-order valence-electron chi connectivity index (χ1n) is 5.97. The van der Waals surface area contributed by atoms with E-state index in [0.717, 1.165) is 21.4 Å². The molecule has 0 bridgehead atoms. The van der Waals surface area contributed by atoms with Gasteiger partial charge in [0.15, 0.2) is 5.78 Å². The molecule has 0 unspecified atom stereocenters. The summed E-state index contributed by atoms with van der Waals surface area (Å²) < 4.78 is 2.78. The third-order valence-electron chi connectivity index (χ3n) is 3.10. The van der Waals surface area contributed by atoms with Crippen molar-refractivity contribution in [2.24, 2.45) is 7.05 Å². The number of halogens is 1. The minimum atomic E-state index is -0.00449. The van der Waals surface area contributed by atoms with Gasteiger partial charge in [-0.05, 0) is 50.3 Å². The average molecular weight is 319 g/mol. The fourth-order valence-electron chi connectivity index (χ4n) is 1.90. The molecule has 0 aliphatic rings.